The minimum absolute atomic E-state index is 0.151. The molecule has 0 saturated heterocycles. The van der Waals surface area contributed by atoms with E-state index in [-0.39, 0.29) is 5.78 Å². The van der Waals surface area contributed by atoms with Crippen molar-refractivity contribution in [1.82, 2.24) is 4.98 Å². The van der Waals surface area contributed by atoms with Gasteiger partial charge in [-0.15, -0.1) is 0 Å². The predicted molar refractivity (Wildman–Crippen MR) is 65.4 cm³/mol. The number of rotatable bonds is 4. The first-order chi connectivity index (χ1) is 8.29. The molecule has 0 aromatic carbocycles. The van der Waals surface area contributed by atoms with Crippen LogP contribution in [-0.4, -0.2) is 10.8 Å². The lowest BCUT2D eigenvalue weighted by atomic mass is 10.3. The average molecular weight is 228 g/mol. The molecule has 0 atom stereocenters. The summed E-state index contributed by atoms with van der Waals surface area (Å²) in [5, 5.41) is 2.97. The van der Waals surface area contributed by atoms with Gasteiger partial charge in [-0.05, 0) is 31.2 Å². The van der Waals surface area contributed by atoms with Crippen molar-refractivity contribution in [2.24, 2.45) is 0 Å². The fraction of sp³-hybridized carbons (Fsp3) is 0.0769. The van der Waals surface area contributed by atoms with Gasteiger partial charge in [0, 0.05) is 12.3 Å². The van der Waals surface area contributed by atoms with Crippen LogP contribution in [0.25, 0.3) is 0 Å². The second-order valence-corrected chi connectivity index (χ2v) is 3.37. The van der Waals surface area contributed by atoms with E-state index in [4.69, 9.17) is 4.42 Å². The summed E-state index contributed by atoms with van der Waals surface area (Å²) in [6.45, 7) is 1.79. The Morgan fingerprint density at radius 1 is 1.35 bits per heavy atom. The molecule has 4 nitrogen and oxygen atoms in total. The van der Waals surface area contributed by atoms with E-state index in [0.717, 1.165) is 0 Å². The van der Waals surface area contributed by atoms with Crippen LogP contribution in [0.15, 0.2) is 53.1 Å². The van der Waals surface area contributed by atoms with E-state index in [1.165, 1.54) is 6.08 Å². The van der Waals surface area contributed by atoms with Gasteiger partial charge in [0.15, 0.2) is 11.6 Å². The first-order valence-electron chi connectivity index (χ1n) is 5.24. The van der Waals surface area contributed by atoms with Gasteiger partial charge in [0.2, 0.25) is 5.78 Å². The van der Waals surface area contributed by atoms with Gasteiger partial charge < -0.3 is 9.73 Å². The van der Waals surface area contributed by atoms with E-state index in [0.29, 0.717) is 17.5 Å². The van der Waals surface area contributed by atoms with Crippen molar-refractivity contribution in [1.29, 1.82) is 0 Å². The van der Waals surface area contributed by atoms with E-state index >= 15 is 0 Å². The quantitative estimate of drug-likeness (QED) is 0.645. The number of carbonyl (C=O) groups is 1. The Morgan fingerprint density at radius 3 is 2.94 bits per heavy atom. The SMILES string of the molecule is CC=CC(=O)c1ccc(Nc2ccccn2)o1. The lowest BCUT2D eigenvalue weighted by molar-refractivity contribution is 0.102. The standard InChI is InChI=1S/C13H12N2O2/c1-2-5-10(16)11-7-8-13(17-11)15-12-6-3-4-9-14-12/h2-9H,1H3,(H,14,15). The van der Waals surface area contributed by atoms with Crippen LogP contribution in [0.4, 0.5) is 11.7 Å². The van der Waals surface area contributed by atoms with E-state index in [1.54, 1.807) is 31.3 Å². The van der Waals surface area contributed by atoms with E-state index in [2.05, 4.69) is 10.3 Å². The van der Waals surface area contributed by atoms with Gasteiger partial charge >= 0.3 is 0 Å². The average Bonchev–Trinajstić information content (AvgIpc) is 2.79. The summed E-state index contributed by atoms with van der Waals surface area (Å²) in [6.07, 6.45) is 4.82. The molecule has 0 spiro atoms. The molecule has 2 aromatic heterocycles. The fourth-order valence-corrected chi connectivity index (χ4v) is 1.33. The van der Waals surface area contributed by atoms with Gasteiger partial charge in [-0.3, -0.25) is 4.79 Å². The highest BCUT2D eigenvalue weighted by molar-refractivity contribution is 6.02. The molecule has 0 saturated carbocycles. The van der Waals surface area contributed by atoms with Crippen LogP contribution < -0.4 is 5.32 Å². The van der Waals surface area contributed by atoms with Crippen molar-refractivity contribution in [3.8, 4) is 0 Å². The molecule has 2 aromatic rings. The van der Waals surface area contributed by atoms with Gasteiger partial charge in [0.25, 0.3) is 0 Å². The molecule has 2 rings (SSSR count). The Labute approximate surface area is 99.0 Å². The van der Waals surface area contributed by atoms with Gasteiger partial charge in [-0.1, -0.05) is 12.1 Å². The summed E-state index contributed by atoms with van der Waals surface area (Å²) in [7, 11) is 0. The highest BCUT2D eigenvalue weighted by Gasteiger charge is 2.07. The largest absolute Gasteiger partial charge is 0.437 e. The summed E-state index contributed by atoms with van der Waals surface area (Å²) in [6, 6.07) is 8.84. The van der Waals surface area contributed by atoms with Gasteiger partial charge in [-0.2, -0.15) is 0 Å². The lowest BCUT2D eigenvalue weighted by Crippen LogP contribution is -1.92. The van der Waals surface area contributed by atoms with Crippen LogP contribution in [0.5, 0.6) is 0 Å². The van der Waals surface area contributed by atoms with Gasteiger partial charge in [0.1, 0.15) is 5.82 Å². The van der Waals surface area contributed by atoms with Crippen molar-refractivity contribution in [3.63, 3.8) is 0 Å². The first-order valence-corrected chi connectivity index (χ1v) is 5.24. The summed E-state index contributed by atoms with van der Waals surface area (Å²) < 4.78 is 5.35. The van der Waals surface area contributed by atoms with Crippen LogP contribution in [0.3, 0.4) is 0 Å². The van der Waals surface area contributed by atoms with Crippen molar-refractivity contribution < 1.29 is 9.21 Å². The molecule has 1 N–H and O–H groups in total. The van der Waals surface area contributed by atoms with E-state index < -0.39 is 0 Å². The van der Waals surface area contributed by atoms with Gasteiger partial charge in [-0.25, -0.2) is 4.98 Å². The molecular formula is C13H12N2O2. The topological polar surface area (TPSA) is 55.1 Å². The van der Waals surface area contributed by atoms with Crippen molar-refractivity contribution in [2.75, 3.05) is 5.32 Å². The molecule has 0 aliphatic carbocycles. The van der Waals surface area contributed by atoms with E-state index in [9.17, 15) is 4.79 Å². The summed E-state index contributed by atoms with van der Waals surface area (Å²) in [5.74, 6) is 1.33. The highest BCUT2D eigenvalue weighted by Crippen LogP contribution is 2.18. The number of aromatic nitrogens is 1. The number of pyridine rings is 1. The van der Waals surface area contributed by atoms with E-state index in [1.807, 2.05) is 18.2 Å². The normalized spacial score (nSPS) is 10.6. The summed E-state index contributed by atoms with van der Waals surface area (Å²) in [4.78, 5) is 15.6. The molecule has 4 heteroatoms. The Kier molecular flexibility index (Phi) is 3.35. The van der Waals surface area contributed by atoms with Crippen molar-refractivity contribution in [3.05, 3.63) is 54.4 Å². The number of hydrogen-bond donors (Lipinski definition) is 1. The zero-order chi connectivity index (χ0) is 12.1. The highest BCUT2D eigenvalue weighted by atomic mass is 16.4. The van der Waals surface area contributed by atoms with Crippen LogP contribution >= 0.6 is 0 Å². The second-order valence-electron chi connectivity index (χ2n) is 3.37. The van der Waals surface area contributed by atoms with Gasteiger partial charge in [0.05, 0.1) is 0 Å². The maximum Gasteiger partial charge on any atom is 0.220 e. The smallest absolute Gasteiger partial charge is 0.220 e. The number of anilines is 2. The third-order valence-corrected chi connectivity index (χ3v) is 2.08. The number of furan rings is 1. The maximum atomic E-state index is 11.5. The number of allylic oxidation sites excluding steroid dienone is 2. The molecule has 86 valence electrons. The van der Waals surface area contributed by atoms with Crippen molar-refractivity contribution in [2.45, 2.75) is 6.92 Å². The predicted octanol–water partition coefficient (Wildman–Crippen LogP) is 3.18. The van der Waals surface area contributed by atoms with Crippen molar-refractivity contribution >= 4 is 17.5 Å². The molecule has 0 radical (unpaired) electrons. The molecule has 0 unspecified atom stereocenters. The minimum atomic E-state index is -0.151. The molecule has 0 aliphatic rings. The van der Waals surface area contributed by atoms with Crippen LogP contribution in [0.2, 0.25) is 0 Å². The van der Waals surface area contributed by atoms with Crippen LogP contribution in [-0.2, 0) is 0 Å². The third kappa shape index (κ3) is 2.81. The molecule has 17 heavy (non-hydrogen) atoms. The number of carbonyl (C=O) groups excluding carboxylic acids is 1. The second kappa shape index (κ2) is 5.12. The number of nitrogens with one attached hydrogen (secondary N) is 1. The van der Waals surface area contributed by atoms with Crippen LogP contribution in [0, 0.1) is 0 Å². The number of hydrogen-bond acceptors (Lipinski definition) is 4. The summed E-state index contributed by atoms with van der Waals surface area (Å²) >= 11 is 0. The monoisotopic (exact) mass is 228 g/mol. The minimum Gasteiger partial charge on any atom is -0.437 e. The zero-order valence-corrected chi connectivity index (χ0v) is 9.38. The molecule has 0 bridgehead atoms. The number of nitrogens with zero attached hydrogens (tertiary/aromatic N) is 1. The Bertz CT molecular complexity index is 529. The molecule has 0 aliphatic heterocycles. The Balaban J connectivity index is 2.11. The third-order valence-electron chi connectivity index (χ3n) is 2.08. The molecule has 2 heterocycles. The van der Waals surface area contributed by atoms with Crippen LogP contribution in [0.1, 0.15) is 17.5 Å². The molecule has 0 amide bonds. The first kappa shape index (κ1) is 11.1. The maximum absolute atomic E-state index is 11.5. The molecule has 0 fully saturated rings. The zero-order valence-electron chi connectivity index (χ0n) is 9.38. The Hall–Kier alpha value is -2.36. The number of ketones is 1. The lowest BCUT2D eigenvalue weighted by Gasteiger charge is -1.99. The summed E-state index contributed by atoms with van der Waals surface area (Å²) in [5.41, 5.74) is 0. The fourth-order valence-electron chi connectivity index (χ4n) is 1.33. The molecular weight excluding hydrogens is 216 g/mol. The Morgan fingerprint density at radius 2 is 2.24 bits per heavy atom.